The van der Waals surface area contributed by atoms with E-state index in [4.69, 9.17) is 11.5 Å². The van der Waals surface area contributed by atoms with Gasteiger partial charge in [0.05, 0.1) is 0 Å². The number of carboxylic acid groups (broad SMARTS) is 1. The summed E-state index contributed by atoms with van der Waals surface area (Å²) in [5.41, 5.74) is 0.0805. The average Bonchev–Trinajstić information content (AvgIpc) is 2.34. The van der Waals surface area contributed by atoms with E-state index in [-0.39, 0.29) is 5.56 Å². The van der Waals surface area contributed by atoms with Gasteiger partial charge in [-0.05, 0) is 18.6 Å². The molecule has 4 N–H and O–H groups in total. The van der Waals surface area contributed by atoms with E-state index >= 15 is 0 Å². The third-order valence-electron chi connectivity index (χ3n) is 2.27. The maximum Gasteiger partial charge on any atom is 0.339 e. The molecular formula is C13H14N2O4. The van der Waals surface area contributed by atoms with E-state index < -0.39 is 17.7 Å². The molecule has 0 saturated carbocycles. The summed E-state index contributed by atoms with van der Waals surface area (Å²) in [6, 6.07) is 3.33. The van der Waals surface area contributed by atoms with Crippen LogP contribution in [0.1, 0.15) is 23.2 Å². The Morgan fingerprint density at radius 3 is 2.68 bits per heavy atom. The maximum atomic E-state index is 11.4. The van der Waals surface area contributed by atoms with Crippen molar-refractivity contribution < 1.29 is 19.8 Å². The van der Waals surface area contributed by atoms with Crippen LogP contribution in [0, 0.1) is 12.3 Å². The van der Waals surface area contributed by atoms with E-state index in [1.807, 2.05) is 0 Å². The molecule has 0 radical (unpaired) electrons. The number of unbranched alkanes of at least 4 members (excludes halogenated alkanes) is 1. The van der Waals surface area contributed by atoms with Gasteiger partial charge in [0.2, 0.25) is 0 Å². The number of carbonyl (C=O) groups is 2. The molecule has 2 amide bonds. The van der Waals surface area contributed by atoms with Crippen LogP contribution in [0.3, 0.4) is 0 Å². The van der Waals surface area contributed by atoms with Crippen molar-refractivity contribution >= 4 is 17.7 Å². The molecule has 19 heavy (non-hydrogen) atoms. The van der Waals surface area contributed by atoms with Gasteiger partial charge in [-0.1, -0.05) is 0 Å². The summed E-state index contributed by atoms with van der Waals surface area (Å²) in [7, 11) is 0. The summed E-state index contributed by atoms with van der Waals surface area (Å²) >= 11 is 0. The number of carbonyl (C=O) groups excluding carboxylic acids is 1. The predicted molar refractivity (Wildman–Crippen MR) is 70.2 cm³/mol. The smallest absolute Gasteiger partial charge is 0.339 e. The molecule has 0 aliphatic carbocycles. The van der Waals surface area contributed by atoms with Crippen molar-refractivity contribution in [1.29, 1.82) is 0 Å². The first-order valence-corrected chi connectivity index (χ1v) is 5.59. The molecule has 0 unspecified atom stereocenters. The second kappa shape index (κ2) is 6.91. The van der Waals surface area contributed by atoms with Crippen LogP contribution in [0.4, 0.5) is 10.5 Å². The zero-order valence-corrected chi connectivity index (χ0v) is 10.1. The fourth-order valence-electron chi connectivity index (χ4n) is 1.36. The van der Waals surface area contributed by atoms with Gasteiger partial charge in [-0.25, -0.2) is 9.59 Å². The lowest BCUT2D eigenvalue weighted by Crippen LogP contribution is -2.29. The number of aromatic carboxylic acids is 1. The Kier molecular flexibility index (Phi) is 5.23. The van der Waals surface area contributed by atoms with Gasteiger partial charge >= 0.3 is 12.0 Å². The molecule has 1 aromatic carbocycles. The number of anilines is 1. The van der Waals surface area contributed by atoms with Crippen LogP contribution in [0.25, 0.3) is 0 Å². The van der Waals surface area contributed by atoms with Crippen molar-refractivity contribution in [3.05, 3.63) is 23.8 Å². The second-order valence-corrected chi connectivity index (χ2v) is 3.73. The van der Waals surface area contributed by atoms with E-state index in [0.29, 0.717) is 25.1 Å². The van der Waals surface area contributed by atoms with Gasteiger partial charge in [0.25, 0.3) is 0 Å². The van der Waals surface area contributed by atoms with Crippen LogP contribution < -0.4 is 10.6 Å². The number of rotatable bonds is 5. The van der Waals surface area contributed by atoms with Crippen LogP contribution in [-0.2, 0) is 0 Å². The first-order chi connectivity index (χ1) is 9.04. The Morgan fingerprint density at radius 1 is 1.37 bits per heavy atom. The number of phenols is 1. The van der Waals surface area contributed by atoms with E-state index in [2.05, 4.69) is 16.6 Å². The molecule has 0 aromatic heterocycles. The van der Waals surface area contributed by atoms with Gasteiger partial charge < -0.3 is 20.8 Å². The number of nitrogens with one attached hydrogen (secondary N) is 2. The molecule has 0 fully saturated rings. The molecule has 1 aromatic rings. The standard InChI is InChI=1S/C13H14N2O4/c1-2-3-4-7-14-13(19)15-9-5-6-10(12(17)18)11(16)8-9/h1,5-6,8,16H,3-4,7H2,(H,17,18)(H2,14,15,19). The Balaban J connectivity index is 2.54. The van der Waals surface area contributed by atoms with Crippen molar-refractivity contribution in [2.24, 2.45) is 0 Å². The Bertz CT molecular complexity index is 520. The van der Waals surface area contributed by atoms with Crippen molar-refractivity contribution in [1.82, 2.24) is 5.32 Å². The van der Waals surface area contributed by atoms with Crippen LogP contribution in [0.15, 0.2) is 18.2 Å². The zero-order valence-electron chi connectivity index (χ0n) is 10.1. The predicted octanol–water partition coefficient (Wildman–Crippen LogP) is 1.63. The lowest BCUT2D eigenvalue weighted by molar-refractivity contribution is 0.0694. The lowest BCUT2D eigenvalue weighted by atomic mass is 10.2. The molecule has 0 atom stereocenters. The summed E-state index contributed by atoms with van der Waals surface area (Å²) in [5.74, 6) is 0.817. The minimum atomic E-state index is -1.23. The number of hydrogen-bond donors (Lipinski definition) is 4. The van der Waals surface area contributed by atoms with Crippen molar-refractivity contribution in [3.63, 3.8) is 0 Å². The number of amides is 2. The first-order valence-electron chi connectivity index (χ1n) is 5.59. The second-order valence-electron chi connectivity index (χ2n) is 3.73. The average molecular weight is 262 g/mol. The molecule has 6 nitrogen and oxygen atoms in total. The molecule has 1 rings (SSSR count). The van der Waals surface area contributed by atoms with Crippen LogP contribution in [0.5, 0.6) is 5.75 Å². The van der Waals surface area contributed by atoms with Crippen molar-refractivity contribution in [2.45, 2.75) is 12.8 Å². The summed E-state index contributed by atoms with van der Waals surface area (Å²) in [6.07, 6.45) is 6.32. The molecular weight excluding hydrogens is 248 g/mol. The minimum absolute atomic E-state index is 0.222. The van der Waals surface area contributed by atoms with E-state index in [9.17, 15) is 14.7 Å². The quantitative estimate of drug-likeness (QED) is 0.478. The maximum absolute atomic E-state index is 11.4. The molecule has 100 valence electrons. The fraction of sp³-hybridized carbons (Fsp3) is 0.231. The Hall–Kier alpha value is -2.68. The molecule has 0 bridgehead atoms. The fourth-order valence-corrected chi connectivity index (χ4v) is 1.36. The molecule has 0 aliphatic heterocycles. The summed E-state index contributed by atoms with van der Waals surface area (Å²) in [5, 5.41) is 23.2. The topological polar surface area (TPSA) is 98.7 Å². The number of benzene rings is 1. The Morgan fingerprint density at radius 2 is 2.11 bits per heavy atom. The largest absolute Gasteiger partial charge is 0.507 e. The lowest BCUT2D eigenvalue weighted by Gasteiger charge is -2.08. The van der Waals surface area contributed by atoms with Gasteiger partial charge in [0.1, 0.15) is 11.3 Å². The highest BCUT2D eigenvalue weighted by Crippen LogP contribution is 2.21. The van der Waals surface area contributed by atoms with Gasteiger partial charge in [0, 0.05) is 24.7 Å². The van der Waals surface area contributed by atoms with Gasteiger partial charge in [-0.15, -0.1) is 12.3 Å². The molecule has 6 heteroatoms. The zero-order chi connectivity index (χ0) is 14.3. The monoisotopic (exact) mass is 262 g/mol. The normalized spacial score (nSPS) is 9.42. The van der Waals surface area contributed by atoms with Gasteiger partial charge in [0.15, 0.2) is 0 Å². The van der Waals surface area contributed by atoms with E-state index in [1.54, 1.807) is 0 Å². The van der Waals surface area contributed by atoms with E-state index in [0.717, 1.165) is 0 Å². The summed E-state index contributed by atoms with van der Waals surface area (Å²) in [4.78, 5) is 22.1. The number of urea groups is 1. The summed E-state index contributed by atoms with van der Waals surface area (Å²) < 4.78 is 0. The third kappa shape index (κ3) is 4.60. The number of carboxylic acids is 1. The highest BCUT2D eigenvalue weighted by molar-refractivity contribution is 5.93. The molecule has 0 spiro atoms. The van der Waals surface area contributed by atoms with Crippen LogP contribution >= 0.6 is 0 Å². The molecule has 0 aliphatic rings. The highest BCUT2D eigenvalue weighted by Gasteiger charge is 2.10. The highest BCUT2D eigenvalue weighted by atomic mass is 16.4. The SMILES string of the molecule is C#CCCCNC(=O)Nc1ccc(C(=O)O)c(O)c1. The number of hydrogen-bond acceptors (Lipinski definition) is 3. The van der Waals surface area contributed by atoms with Gasteiger partial charge in [-0.2, -0.15) is 0 Å². The van der Waals surface area contributed by atoms with Crippen molar-refractivity contribution in [2.75, 3.05) is 11.9 Å². The molecule has 0 heterocycles. The van der Waals surface area contributed by atoms with E-state index in [1.165, 1.54) is 18.2 Å². The first kappa shape index (κ1) is 14.4. The minimum Gasteiger partial charge on any atom is -0.507 e. The number of terminal acetylenes is 1. The van der Waals surface area contributed by atoms with Crippen molar-refractivity contribution in [3.8, 4) is 18.1 Å². The molecule has 0 saturated heterocycles. The van der Waals surface area contributed by atoms with Crippen LogP contribution in [0.2, 0.25) is 0 Å². The number of aromatic hydroxyl groups is 1. The summed E-state index contributed by atoms with van der Waals surface area (Å²) in [6.45, 7) is 0.440. The third-order valence-corrected chi connectivity index (χ3v) is 2.27. The van der Waals surface area contributed by atoms with Gasteiger partial charge in [-0.3, -0.25) is 0 Å². The van der Waals surface area contributed by atoms with Crippen LogP contribution in [-0.4, -0.2) is 28.8 Å². The Labute approximate surface area is 110 Å².